The van der Waals surface area contributed by atoms with Gasteiger partial charge in [-0.2, -0.15) is 0 Å². The molecule has 5 amide bonds. The van der Waals surface area contributed by atoms with Gasteiger partial charge in [0.25, 0.3) is 0 Å². The van der Waals surface area contributed by atoms with E-state index >= 15 is 0 Å². The van der Waals surface area contributed by atoms with Crippen LogP contribution in [-0.2, 0) is 33.6 Å². The van der Waals surface area contributed by atoms with E-state index in [1.807, 2.05) is 13.8 Å². The van der Waals surface area contributed by atoms with Crippen molar-refractivity contribution >= 4 is 41.5 Å². The summed E-state index contributed by atoms with van der Waals surface area (Å²) < 4.78 is 0. The normalized spacial score (nSPS) is 18.6. The van der Waals surface area contributed by atoms with Crippen LogP contribution in [-0.4, -0.2) is 105 Å². The number of carboxylic acids is 2. The van der Waals surface area contributed by atoms with Crippen molar-refractivity contribution in [3.63, 3.8) is 0 Å². The first-order chi connectivity index (χ1) is 18.5. The highest BCUT2D eigenvalue weighted by Gasteiger charge is 2.40. The van der Waals surface area contributed by atoms with E-state index in [0.717, 1.165) is 4.90 Å². The monoisotopic (exact) mass is 572 g/mol. The standard InChI is InChI=1S/C24H40N6O10/c1-11(2)9-13(25)20(35)28-15(10-17(26)32)23(38)30-8-4-5-16(30)21(36)29-19(12(3)31)22(37)27-14(24(39)40)6-7-18(33)34/h11-16,19,31H,4-10,25H2,1-3H3,(H2,26,32)(H,27,37)(H,28,35)(H,29,36)(H,33,34)(H,39,40)/t12-,13+,14+,15+,16+,19+/m1/s1. The van der Waals surface area contributed by atoms with Crippen LogP contribution in [0.3, 0.4) is 0 Å². The van der Waals surface area contributed by atoms with E-state index in [4.69, 9.17) is 16.6 Å². The number of amides is 5. The molecule has 0 aromatic rings. The van der Waals surface area contributed by atoms with Crippen LogP contribution in [0, 0.1) is 5.92 Å². The maximum Gasteiger partial charge on any atom is 0.326 e. The average Bonchev–Trinajstić information content (AvgIpc) is 3.32. The van der Waals surface area contributed by atoms with E-state index < -0.39 is 97.1 Å². The van der Waals surface area contributed by atoms with Gasteiger partial charge in [0.1, 0.15) is 24.2 Å². The first-order valence-corrected chi connectivity index (χ1v) is 12.9. The molecule has 1 heterocycles. The second-order valence-corrected chi connectivity index (χ2v) is 10.2. The Morgan fingerprint density at radius 1 is 0.950 bits per heavy atom. The first kappa shape index (κ1) is 34.2. The summed E-state index contributed by atoms with van der Waals surface area (Å²) in [4.78, 5) is 86.7. The Kier molecular flexibility index (Phi) is 13.4. The zero-order valence-corrected chi connectivity index (χ0v) is 22.8. The maximum absolute atomic E-state index is 13.3. The number of hydrogen-bond acceptors (Lipinski definition) is 9. The zero-order valence-electron chi connectivity index (χ0n) is 22.8. The lowest BCUT2D eigenvalue weighted by atomic mass is 10.0. The quantitative estimate of drug-likeness (QED) is 0.0923. The Labute approximate surface area is 231 Å². The number of nitrogens with two attached hydrogens (primary N) is 2. The van der Waals surface area contributed by atoms with Gasteiger partial charge in [-0.3, -0.25) is 28.8 Å². The Balaban J connectivity index is 3.03. The number of carboxylic acid groups (broad SMARTS) is 2. The van der Waals surface area contributed by atoms with Crippen molar-refractivity contribution in [1.29, 1.82) is 0 Å². The third-order valence-electron chi connectivity index (χ3n) is 6.24. The molecule has 0 radical (unpaired) electrons. The predicted octanol–water partition coefficient (Wildman–Crippen LogP) is -2.99. The number of aliphatic hydroxyl groups excluding tert-OH is 1. The van der Waals surface area contributed by atoms with Crippen molar-refractivity contribution in [2.75, 3.05) is 6.54 Å². The van der Waals surface area contributed by atoms with Crippen LogP contribution in [0.15, 0.2) is 0 Å². The van der Waals surface area contributed by atoms with Crippen LogP contribution in [0.25, 0.3) is 0 Å². The number of carbonyl (C=O) groups is 7. The number of nitrogens with zero attached hydrogens (tertiary/aromatic N) is 1. The molecule has 40 heavy (non-hydrogen) atoms. The highest BCUT2D eigenvalue weighted by molar-refractivity contribution is 5.97. The van der Waals surface area contributed by atoms with Gasteiger partial charge in [-0.1, -0.05) is 13.8 Å². The van der Waals surface area contributed by atoms with Gasteiger partial charge in [0.15, 0.2) is 0 Å². The molecule has 226 valence electrons. The molecular formula is C24H40N6O10. The summed E-state index contributed by atoms with van der Waals surface area (Å²) in [5, 5.41) is 35.0. The van der Waals surface area contributed by atoms with Crippen molar-refractivity contribution in [3.8, 4) is 0 Å². The minimum Gasteiger partial charge on any atom is -0.481 e. The molecule has 1 rings (SSSR count). The third-order valence-corrected chi connectivity index (χ3v) is 6.24. The van der Waals surface area contributed by atoms with E-state index in [2.05, 4.69) is 16.0 Å². The molecule has 0 bridgehead atoms. The van der Waals surface area contributed by atoms with E-state index in [0.29, 0.717) is 12.8 Å². The molecule has 1 fully saturated rings. The van der Waals surface area contributed by atoms with Crippen LogP contribution in [0.2, 0.25) is 0 Å². The average molecular weight is 573 g/mol. The molecule has 16 heteroatoms. The molecular weight excluding hydrogens is 532 g/mol. The molecule has 1 aliphatic heterocycles. The van der Waals surface area contributed by atoms with Gasteiger partial charge in [-0.25, -0.2) is 4.79 Å². The number of nitrogens with one attached hydrogen (secondary N) is 3. The summed E-state index contributed by atoms with van der Waals surface area (Å²) in [6.07, 6.45) is -2.17. The molecule has 0 unspecified atom stereocenters. The fourth-order valence-electron chi connectivity index (χ4n) is 4.24. The summed E-state index contributed by atoms with van der Waals surface area (Å²) in [5.41, 5.74) is 11.2. The summed E-state index contributed by atoms with van der Waals surface area (Å²) >= 11 is 0. The lowest BCUT2D eigenvalue weighted by Gasteiger charge is -2.30. The Morgan fingerprint density at radius 2 is 1.55 bits per heavy atom. The fraction of sp³-hybridized carbons (Fsp3) is 0.708. The number of aliphatic carboxylic acids is 2. The van der Waals surface area contributed by atoms with Gasteiger partial charge in [0.2, 0.25) is 29.5 Å². The number of primary amides is 1. The van der Waals surface area contributed by atoms with Gasteiger partial charge in [-0.15, -0.1) is 0 Å². The van der Waals surface area contributed by atoms with E-state index in [1.54, 1.807) is 0 Å². The highest BCUT2D eigenvalue weighted by atomic mass is 16.4. The SMILES string of the molecule is CC(C)C[C@H](N)C(=O)N[C@@H](CC(N)=O)C(=O)N1CCC[C@H]1C(=O)N[C@H](C(=O)N[C@@H](CCC(=O)O)C(=O)O)[C@@H](C)O. The van der Waals surface area contributed by atoms with Gasteiger partial charge in [0.05, 0.1) is 18.6 Å². The Bertz CT molecular complexity index is 972. The van der Waals surface area contributed by atoms with Crippen molar-refractivity contribution in [2.24, 2.45) is 17.4 Å². The number of carbonyl (C=O) groups excluding carboxylic acids is 5. The summed E-state index contributed by atoms with van der Waals surface area (Å²) in [7, 11) is 0. The van der Waals surface area contributed by atoms with E-state index in [-0.39, 0.29) is 18.9 Å². The fourth-order valence-corrected chi connectivity index (χ4v) is 4.24. The van der Waals surface area contributed by atoms with E-state index in [9.17, 15) is 43.8 Å². The number of rotatable bonds is 16. The van der Waals surface area contributed by atoms with Gasteiger partial charge >= 0.3 is 11.9 Å². The van der Waals surface area contributed by atoms with Crippen LogP contribution < -0.4 is 27.4 Å². The molecule has 0 aromatic heterocycles. The predicted molar refractivity (Wildman–Crippen MR) is 138 cm³/mol. The molecule has 16 nitrogen and oxygen atoms in total. The summed E-state index contributed by atoms with van der Waals surface area (Å²) in [6.45, 7) is 4.96. The minimum absolute atomic E-state index is 0.0831. The number of likely N-dealkylation sites (tertiary alicyclic amines) is 1. The first-order valence-electron chi connectivity index (χ1n) is 12.9. The van der Waals surface area contributed by atoms with Gasteiger partial charge in [0, 0.05) is 13.0 Å². The van der Waals surface area contributed by atoms with Crippen molar-refractivity contribution in [3.05, 3.63) is 0 Å². The number of aliphatic hydroxyl groups is 1. The van der Waals surface area contributed by atoms with Crippen LogP contribution >= 0.6 is 0 Å². The van der Waals surface area contributed by atoms with E-state index in [1.165, 1.54) is 6.92 Å². The smallest absolute Gasteiger partial charge is 0.326 e. The molecule has 0 saturated carbocycles. The maximum atomic E-state index is 13.3. The van der Waals surface area contributed by atoms with Crippen LogP contribution in [0.5, 0.6) is 0 Å². The van der Waals surface area contributed by atoms with Gasteiger partial charge < -0.3 is 47.6 Å². The second kappa shape index (κ2) is 15.7. The number of hydrogen-bond donors (Lipinski definition) is 8. The topological polar surface area (TPSA) is 272 Å². The molecule has 0 aliphatic carbocycles. The molecule has 1 saturated heterocycles. The van der Waals surface area contributed by atoms with Gasteiger partial charge in [-0.05, 0) is 38.5 Å². The third kappa shape index (κ3) is 10.8. The summed E-state index contributed by atoms with van der Waals surface area (Å²) in [5.74, 6) is -6.93. The minimum atomic E-state index is -1.63. The van der Waals surface area contributed by atoms with Crippen molar-refractivity contribution in [2.45, 2.75) is 95.6 Å². The lowest BCUT2D eigenvalue weighted by molar-refractivity contribution is -0.145. The largest absolute Gasteiger partial charge is 0.481 e. The molecule has 1 aliphatic rings. The second-order valence-electron chi connectivity index (χ2n) is 10.2. The molecule has 0 aromatic carbocycles. The van der Waals surface area contributed by atoms with Crippen LogP contribution in [0.1, 0.15) is 59.3 Å². The molecule has 0 spiro atoms. The molecule has 10 N–H and O–H groups in total. The van der Waals surface area contributed by atoms with Crippen LogP contribution in [0.4, 0.5) is 0 Å². The zero-order chi connectivity index (χ0) is 30.7. The Hall–Kier alpha value is -3.79. The summed E-state index contributed by atoms with van der Waals surface area (Å²) in [6, 6.07) is -6.70. The van der Waals surface area contributed by atoms with Crippen molar-refractivity contribution < 1.29 is 48.9 Å². The Morgan fingerprint density at radius 3 is 2.05 bits per heavy atom. The van der Waals surface area contributed by atoms with Crippen molar-refractivity contribution in [1.82, 2.24) is 20.9 Å². The lowest BCUT2D eigenvalue weighted by Crippen LogP contribution is -2.60. The highest BCUT2D eigenvalue weighted by Crippen LogP contribution is 2.20. The molecule has 6 atom stereocenters.